The smallest absolute Gasteiger partial charge is 0.339 e. The molecule has 0 aliphatic rings. The molecular weight excluding hydrogens is 447 g/mol. The van der Waals surface area contributed by atoms with Crippen LogP contribution < -0.4 is 9.64 Å². The first-order valence-corrected chi connectivity index (χ1v) is 10.9. The molecule has 0 saturated carbocycles. The maximum atomic E-state index is 13.8. The number of hydrogen-bond donors (Lipinski definition) is 0. The van der Waals surface area contributed by atoms with Crippen LogP contribution in [0.15, 0.2) is 66.3 Å². The fraction of sp³-hybridized carbons (Fsp3) is 0.217. The minimum absolute atomic E-state index is 0.00267. The van der Waals surface area contributed by atoms with Crippen LogP contribution in [0.1, 0.15) is 16.2 Å². The van der Waals surface area contributed by atoms with Crippen molar-refractivity contribution in [1.82, 2.24) is 14.8 Å². The molecule has 0 unspecified atom stereocenters. The first kappa shape index (κ1) is 24.0. The molecule has 1 amide bonds. The number of hydrogen-bond acceptors (Lipinski definition) is 7. The lowest BCUT2D eigenvalue weighted by Gasteiger charge is -2.19. The summed E-state index contributed by atoms with van der Waals surface area (Å²) in [5.41, 5.74) is 0.740. The molecule has 0 aliphatic heterocycles. The molecule has 0 saturated heterocycles. The zero-order valence-electron chi connectivity index (χ0n) is 18.2. The van der Waals surface area contributed by atoms with Gasteiger partial charge in [0.25, 0.3) is 0 Å². The SMILES string of the molecule is C=CCn1c(COc2ccccc2F)nnc1SCC(=O)N(C)c1ccccc1C(=O)OC. The lowest BCUT2D eigenvalue weighted by atomic mass is 10.1. The first-order chi connectivity index (χ1) is 16.0. The second-order valence-electron chi connectivity index (χ2n) is 6.77. The van der Waals surface area contributed by atoms with Crippen LogP contribution in [0.4, 0.5) is 10.1 Å². The number of nitrogens with zero attached hydrogens (tertiary/aromatic N) is 4. The molecule has 3 aromatic rings. The summed E-state index contributed by atoms with van der Waals surface area (Å²) in [5.74, 6) is -0.604. The van der Waals surface area contributed by atoms with Gasteiger partial charge in [-0.1, -0.05) is 42.1 Å². The maximum absolute atomic E-state index is 13.8. The lowest BCUT2D eigenvalue weighted by molar-refractivity contribution is -0.115. The van der Waals surface area contributed by atoms with Crippen LogP contribution >= 0.6 is 11.8 Å². The maximum Gasteiger partial charge on any atom is 0.339 e. The molecule has 3 rings (SSSR count). The average Bonchev–Trinajstić information content (AvgIpc) is 3.22. The number of carbonyl (C=O) groups is 2. The van der Waals surface area contributed by atoms with E-state index in [-0.39, 0.29) is 24.0 Å². The van der Waals surface area contributed by atoms with Gasteiger partial charge in [-0.25, -0.2) is 9.18 Å². The van der Waals surface area contributed by atoms with E-state index in [9.17, 15) is 14.0 Å². The van der Waals surface area contributed by atoms with Gasteiger partial charge >= 0.3 is 5.97 Å². The number of aromatic nitrogens is 3. The van der Waals surface area contributed by atoms with E-state index in [1.165, 1.54) is 35.9 Å². The minimum atomic E-state index is -0.525. The summed E-state index contributed by atoms with van der Waals surface area (Å²) >= 11 is 1.19. The number of carbonyl (C=O) groups excluding carboxylic acids is 2. The van der Waals surface area contributed by atoms with Crippen molar-refractivity contribution >= 4 is 29.3 Å². The molecule has 0 bridgehead atoms. The van der Waals surface area contributed by atoms with Crippen molar-refractivity contribution in [1.29, 1.82) is 0 Å². The number of para-hydroxylation sites is 2. The predicted molar refractivity (Wildman–Crippen MR) is 123 cm³/mol. The van der Waals surface area contributed by atoms with Gasteiger partial charge in [-0.05, 0) is 24.3 Å². The second kappa shape index (κ2) is 11.3. The van der Waals surface area contributed by atoms with E-state index in [0.717, 1.165) is 0 Å². The molecule has 0 aliphatic carbocycles. The summed E-state index contributed by atoms with van der Waals surface area (Å²) in [6, 6.07) is 12.8. The third-order valence-corrected chi connectivity index (χ3v) is 5.62. The summed E-state index contributed by atoms with van der Waals surface area (Å²) in [6.45, 7) is 4.13. The van der Waals surface area contributed by atoms with Crippen molar-refractivity contribution in [2.45, 2.75) is 18.3 Å². The highest BCUT2D eigenvalue weighted by molar-refractivity contribution is 7.99. The Morgan fingerprint density at radius 2 is 1.91 bits per heavy atom. The van der Waals surface area contributed by atoms with E-state index in [0.29, 0.717) is 28.8 Å². The normalized spacial score (nSPS) is 10.5. The number of thioether (sulfide) groups is 1. The third kappa shape index (κ3) is 5.78. The van der Waals surface area contributed by atoms with Crippen molar-refractivity contribution in [2.24, 2.45) is 0 Å². The molecule has 2 aromatic carbocycles. The van der Waals surface area contributed by atoms with Gasteiger partial charge in [0.2, 0.25) is 5.91 Å². The number of amides is 1. The quantitative estimate of drug-likeness (QED) is 0.254. The molecule has 0 fully saturated rings. The lowest BCUT2D eigenvalue weighted by Crippen LogP contribution is -2.29. The van der Waals surface area contributed by atoms with Crippen LogP contribution in [0.25, 0.3) is 0 Å². The fourth-order valence-corrected chi connectivity index (χ4v) is 3.84. The number of ether oxygens (including phenoxy) is 2. The number of benzene rings is 2. The molecule has 0 radical (unpaired) electrons. The Kier molecular flexibility index (Phi) is 8.20. The van der Waals surface area contributed by atoms with Gasteiger partial charge in [-0.2, -0.15) is 0 Å². The summed E-state index contributed by atoms with van der Waals surface area (Å²) in [7, 11) is 2.88. The average molecular weight is 471 g/mol. The van der Waals surface area contributed by atoms with E-state index in [2.05, 4.69) is 16.8 Å². The van der Waals surface area contributed by atoms with Crippen LogP contribution in [-0.2, 0) is 22.7 Å². The highest BCUT2D eigenvalue weighted by Crippen LogP contribution is 2.24. The van der Waals surface area contributed by atoms with Gasteiger partial charge in [-0.15, -0.1) is 16.8 Å². The van der Waals surface area contributed by atoms with E-state index < -0.39 is 11.8 Å². The van der Waals surface area contributed by atoms with Gasteiger partial charge in [-0.3, -0.25) is 9.36 Å². The summed E-state index contributed by atoms with van der Waals surface area (Å²) in [4.78, 5) is 26.2. The second-order valence-corrected chi connectivity index (χ2v) is 7.71. The zero-order valence-corrected chi connectivity index (χ0v) is 19.0. The highest BCUT2D eigenvalue weighted by atomic mass is 32.2. The van der Waals surface area contributed by atoms with E-state index in [4.69, 9.17) is 9.47 Å². The number of methoxy groups -OCH3 is 1. The van der Waals surface area contributed by atoms with Crippen LogP contribution in [0.3, 0.4) is 0 Å². The number of allylic oxidation sites excluding steroid dienone is 1. The minimum Gasteiger partial charge on any atom is -0.483 e. The summed E-state index contributed by atoms with van der Waals surface area (Å²) in [6.07, 6.45) is 1.67. The summed E-state index contributed by atoms with van der Waals surface area (Å²) < 4.78 is 25.9. The molecule has 33 heavy (non-hydrogen) atoms. The molecule has 172 valence electrons. The topological polar surface area (TPSA) is 86.5 Å². The third-order valence-electron chi connectivity index (χ3n) is 4.67. The molecule has 10 heteroatoms. The van der Waals surface area contributed by atoms with E-state index in [1.54, 1.807) is 54.1 Å². The zero-order chi connectivity index (χ0) is 23.8. The monoisotopic (exact) mass is 470 g/mol. The Morgan fingerprint density at radius 1 is 1.18 bits per heavy atom. The molecule has 1 heterocycles. The van der Waals surface area contributed by atoms with Crippen LogP contribution in [0, 0.1) is 5.82 Å². The fourth-order valence-electron chi connectivity index (χ4n) is 2.96. The van der Waals surface area contributed by atoms with Crippen molar-refractivity contribution in [3.05, 3.63) is 78.4 Å². The largest absolute Gasteiger partial charge is 0.483 e. The predicted octanol–water partition coefficient (Wildman–Crippen LogP) is 3.72. The number of halogens is 1. The summed E-state index contributed by atoms with van der Waals surface area (Å²) in [5, 5.41) is 8.75. The molecule has 0 N–H and O–H groups in total. The standard InChI is InChI=1S/C23H23FN4O4S/c1-4-13-28-20(14-32-19-12-8-6-10-17(19)24)25-26-23(28)33-15-21(29)27(2)18-11-7-5-9-16(18)22(30)31-3/h4-12H,1,13-15H2,2-3H3. The number of anilines is 1. The number of esters is 1. The molecular formula is C23H23FN4O4S. The van der Waals surface area contributed by atoms with Gasteiger partial charge in [0, 0.05) is 13.6 Å². The first-order valence-electron chi connectivity index (χ1n) is 9.93. The molecule has 1 aromatic heterocycles. The molecule has 8 nitrogen and oxygen atoms in total. The van der Waals surface area contributed by atoms with E-state index in [1.807, 2.05) is 0 Å². The van der Waals surface area contributed by atoms with Crippen LogP contribution in [0.2, 0.25) is 0 Å². The Labute approximate surface area is 195 Å². The van der Waals surface area contributed by atoms with Crippen molar-refractivity contribution in [2.75, 3.05) is 24.8 Å². The van der Waals surface area contributed by atoms with Crippen molar-refractivity contribution < 1.29 is 23.5 Å². The molecule has 0 atom stereocenters. The van der Waals surface area contributed by atoms with Crippen LogP contribution in [0.5, 0.6) is 5.75 Å². The van der Waals surface area contributed by atoms with Crippen molar-refractivity contribution in [3.63, 3.8) is 0 Å². The Balaban J connectivity index is 1.70. The van der Waals surface area contributed by atoms with Gasteiger partial charge in [0.15, 0.2) is 22.5 Å². The highest BCUT2D eigenvalue weighted by Gasteiger charge is 2.20. The van der Waals surface area contributed by atoms with Gasteiger partial charge in [0.05, 0.1) is 24.1 Å². The van der Waals surface area contributed by atoms with Gasteiger partial charge in [0.1, 0.15) is 6.61 Å². The van der Waals surface area contributed by atoms with E-state index >= 15 is 0 Å². The Hall–Kier alpha value is -3.66. The Bertz CT molecular complexity index is 1150. The molecule has 0 spiro atoms. The van der Waals surface area contributed by atoms with Crippen molar-refractivity contribution in [3.8, 4) is 5.75 Å². The Morgan fingerprint density at radius 3 is 2.64 bits per heavy atom. The number of rotatable bonds is 10. The van der Waals surface area contributed by atoms with Crippen LogP contribution in [-0.4, -0.2) is 46.6 Å². The van der Waals surface area contributed by atoms with Gasteiger partial charge < -0.3 is 14.4 Å².